The molecule has 0 aliphatic rings. The van der Waals surface area contributed by atoms with Gasteiger partial charge in [-0.3, -0.25) is 4.79 Å². The molecule has 3 nitrogen and oxygen atoms in total. The van der Waals surface area contributed by atoms with Gasteiger partial charge in [0.25, 0.3) is 0 Å². The Balaban J connectivity index is 2.51. The summed E-state index contributed by atoms with van der Waals surface area (Å²) in [6, 6.07) is 5.02. The number of alkyl halides is 3. The summed E-state index contributed by atoms with van der Waals surface area (Å²) in [5, 5.41) is 11.5. The molecule has 0 spiro atoms. The molecule has 1 aromatic rings. The summed E-state index contributed by atoms with van der Waals surface area (Å²) in [7, 11) is 0. The molecule has 0 aliphatic heterocycles. The van der Waals surface area contributed by atoms with Gasteiger partial charge in [0.15, 0.2) is 0 Å². The third-order valence-corrected chi connectivity index (χ3v) is 2.70. The van der Waals surface area contributed by atoms with Gasteiger partial charge in [0.1, 0.15) is 0 Å². The number of nitrogens with one attached hydrogen (secondary N) is 1. The van der Waals surface area contributed by atoms with Crippen LogP contribution >= 0.6 is 0 Å². The Morgan fingerprint density at radius 2 is 2.11 bits per heavy atom. The SMILES string of the molecule is CC(CCC(=O)O)NCc1cccc(C(F)(F)F)c1. The summed E-state index contributed by atoms with van der Waals surface area (Å²) < 4.78 is 37.5. The Morgan fingerprint density at radius 1 is 1.42 bits per heavy atom. The number of aliphatic carboxylic acids is 1. The fourth-order valence-corrected chi connectivity index (χ4v) is 1.59. The number of carboxylic acids is 1. The molecule has 1 unspecified atom stereocenters. The third kappa shape index (κ3) is 5.74. The lowest BCUT2D eigenvalue weighted by Gasteiger charge is -2.14. The van der Waals surface area contributed by atoms with Crippen LogP contribution in [0, 0.1) is 0 Å². The molecule has 0 saturated heterocycles. The van der Waals surface area contributed by atoms with Crippen molar-refractivity contribution >= 4 is 5.97 Å². The first kappa shape index (κ1) is 15.5. The molecule has 1 atom stereocenters. The highest BCUT2D eigenvalue weighted by molar-refractivity contribution is 5.66. The van der Waals surface area contributed by atoms with Crippen LogP contribution in [0.25, 0.3) is 0 Å². The number of carbonyl (C=O) groups is 1. The quantitative estimate of drug-likeness (QED) is 0.839. The van der Waals surface area contributed by atoms with E-state index in [1.54, 1.807) is 13.0 Å². The number of carboxylic acid groups (broad SMARTS) is 1. The molecule has 1 rings (SSSR count). The van der Waals surface area contributed by atoms with Crippen molar-refractivity contribution in [2.45, 2.75) is 38.5 Å². The molecule has 0 radical (unpaired) electrons. The van der Waals surface area contributed by atoms with Gasteiger partial charge >= 0.3 is 12.1 Å². The van der Waals surface area contributed by atoms with Crippen LogP contribution in [0.1, 0.15) is 30.9 Å². The van der Waals surface area contributed by atoms with E-state index in [1.807, 2.05) is 0 Å². The van der Waals surface area contributed by atoms with Crippen molar-refractivity contribution in [2.24, 2.45) is 0 Å². The lowest BCUT2D eigenvalue weighted by Crippen LogP contribution is -2.26. The molecule has 106 valence electrons. The van der Waals surface area contributed by atoms with Gasteiger partial charge in [0.05, 0.1) is 5.56 Å². The van der Waals surface area contributed by atoms with Gasteiger partial charge in [-0.2, -0.15) is 13.2 Å². The second-order valence-corrected chi connectivity index (χ2v) is 4.41. The summed E-state index contributed by atoms with van der Waals surface area (Å²) in [6.45, 7) is 2.08. The fraction of sp³-hybridized carbons (Fsp3) is 0.462. The van der Waals surface area contributed by atoms with Gasteiger partial charge in [-0.1, -0.05) is 18.2 Å². The molecule has 0 fully saturated rings. The van der Waals surface area contributed by atoms with Crippen molar-refractivity contribution in [3.63, 3.8) is 0 Å². The standard InChI is InChI=1S/C13H16F3NO2/c1-9(5-6-12(18)19)17-8-10-3-2-4-11(7-10)13(14,15)16/h2-4,7,9,17H,5-6,8H2,1H3,(H,18,19). The minimum Gasteiger partial charge on any atom is -0.481 e. The van der Waals surface area contributed by atoms with E-state index >= 15 is 0 Å². The largest absolute Gasteiger partial charge is 0.481 e. The molecule has 0 heterocycles. The number of benzene rings is 1. The van der Waals surface area contributed by atoms with Crippen molar-refractivity contribution in [1.82, 2.24) is 5.32 Å². The molecule has 0 bridgehead atoms. The van der Waals surface area contributed by atoms with E-state index in [-0.39, 0.29) is 19.0 Å². The summed E-state index contributed by atoms with van der Waals surface area (Å²) in [4.78, 5) is 10.4. The molecule has 0 aliphatic carbocycles. The van der Waals surface area contributed by atoms with Crippen LogP contribution in [0.3, 0.4) is 0 Å². The molecular formula is C13H16F3NO2. The van der Waals surface area contributed by atoms with E-state index in [9.17, 15) is 18.0 Å². The van der Waals surface area contributed by atoms with E-state index in [2.05, 4.69) is 5.32 Å². The van der Waals surface area contributed by atoms with Crippen molar-refractivity contribution in [3.05, 3.63) is 35.4 Å². The van der Waals surface area contributed by atoms with Gasteiger partial charge in [-0.05, 0) is 25.0 Å². The second-order valence-electron chi connectivity index (χ2n) is 4.41. The highest BCUT2D eigenvalue weighted by Gasteiger charge is 2.30. The fourth-order valence-electron chi connectivity index (χ4n) is 1.59. The third-order valence-electron chi connectivity index (χ3n) is 2.70. The number of hydrogen-bond acceptors (Lipinski definition) is 2. The van der Waals surface area contributed by atoms with Crippen molar-refractivity contribution in [1.29, 1.82) is 0 Å². The summed E-state index contributed by atoms with van der Waals surface area (Å²) in [5.74, 6) is -0.882. The van der Waals surface area contributed by atoms with Crippen LogP contribution in [-0.2, 0) is 17.5 Å². The van der Waals surface area contributed by atoms with Gasteiger partial charge in [0, 0.05) is 19.0 Å². The zero-order valence-electron chi connectivity index (χ0n) is 10.5. The Morgan fingerprint density at radius 3 is 2.68 bits per heavy atom. The van der Waals surface area contributed by atoms with E-state index < -0.39 is 17.7 Å². The average molecular weight is 275 g/mol. The lowest BCUT2D eigenvalue weighted by molar-refractivity contribution is -0.138. The van der Waals surface area contributed by atoms with Crippen molar-refractivity contribution in [3.8, 4) is 0 Å². The molecule has 1 aromatic carbocycles. The van der Waals surface area contributed by atoms with Gasteiger partial charge in [0.2, 0.25) is 0 Å². The zero-order valence-corrected chi connectivity index (χ0v) is 10.5. The molecule has 0 amide bonds. The summed E-state index contributed by atoms with van der Waals surface area (Å²) in [5.41, 5.74) is -0.151. The van der Waals surface area contributed by atoms with Crippen LogP contribution < -0.4 is 5.32 Å². The van der Waals surface area contributed by atoms with Crippen molar-refractivity contribution in [2.75, 3.05) is 0 Å². The minimum absolute atomic E-state index is 0.0384. The molecular weight excluding hydrogens is 259 g/mol. The van der Waals surface area contributed by atoms with Crippen LogP contribution in [0.2, 0.25) is 0 Å². The predicted molar refractivity (Wildman–Crippen MR) is 64.6 cm³/mol. The first-order valence-corrected chi connectivity index (χ1v) is 5.90. The second kappa shape index (κ2) is 6.56. The van der Waals surface area contributed by atoms with Gasteiger partial charge < -0.3 is 10.4 Å². The number of halogens is 3. The van der Waals surface area contributed by atoms with E-state index in [0.717, 1.165) is 12.1 Å². The molecule has 2 N–H and O–H groups in total. The first-order chi connectivity index (χ1) is 8.79. The molecule has 0 saturated carbocycles. The Kier molecular flexibility index (Phi) is 5.35. The highest BCUT2D eigenvalue weighted by Crippen LogP contribution is 2.29. The van der Waals surface area contributed by atoms with Gasteiger partial charge in [-0.25, -0.2) is 0 Å². The molecule has 6 heteroatoms. The van der Waals surface area contributed by atoms with Crippen molar-refractivity contribution < 1.29 is 23.1 Å². The van der Waals surface area contributed by atoms with E-state index in [0.29, 0.717) is 12.0 Å². The maximum Gasteiger partial charge on any atom is 0.416 e. The van der Waals surface area contributed by atoms with Crippen LogP contribution in [0.5, 0.6) is 0 Å². The predicted octanol–water partition coefficient (Wildman–Crippen LogP) is 3.05. The number of hydrogen-bond donors (Lipinski definition) is 2. The normalized spacial score (nSPS) is 13.3. The maximum absolute atomic E-state index is 12.5. The van der Waals surface area contributed by atoms with E-state index in [4.69, 9.17) is 5.11 Å². The van der Waals surface area contributed by atoms with Gasteiger partial charge in [-0.15, -0.1) is 0 Å². The first-order valence-electron chi connectivity index (χ1n) is 5.90. The summed E-state index contributed by atoms with van der Waals surface area (Å²) in [6.07, 6.45) is -3.87. The zero-order chi connectivity index (χ0) is 14.5. The van der Waals surface area contributed by atoms with Crippen LogP contribution in [0.15, 0.2) is 24.3 Å². The Hall–Kier alpha value is -1.56. The number of rotatable bonds is 6. The lowest BCUT2D eigenvalue weighted by atomic mass is 10.1. The maximum atomic E-state index is 12.5. The average Bonchev–Trinajstić information content (AvgIpc) is 2.33. The Bertz CT molecular complexity index is 432. The topological polar surface area (TPSA) is 49.3 Å². The van der Waals surface area contributed by atoms with Crippen LogP contribution in [-0.4, -0.2) is 17.1 Å². The Labute approximate surface area is 109 Å². The smallest absolute Gasteiger partial charge is 0.416 e. The monoisotopic (exact) mass is 275 g/mol. The summed E-state index contributed by atoms with van der Waals surface area (Å²) >= 11 is 0. The minimum atomic E-state index is -4.34. The highest BCUT2D eigenvalue weighted by atomic mass is 19.4. The van der Waals surface area contributed by atoms with E-state index in [1.165, 1.54) is 6.07 Å². The molecule has 19 heavy (non-hydrogen) atoms. The molecule has 0 aromatic heterocycles. The van der Waals surface area contributed by atoms with Crippen LogP contribution in [0.4, 0.5) is 13.2 Å².